The minimum atomic E-state index is -0.284. The fourth-order valence-corrected chi connectivity index (χ4v) is 7.32. The fourth-order valence-electron chi connectivity index (χ4n) is 7.32. The largest absolute Gasteiger partial charge is 0.393 e. The highest BCUT2D eigenvalue weighted by atomic mass is 16.7. The van der Waals surface area contributed by atoms with Crippen LogP contribution in [0.2, 0.25) is 0 Å². The summed E-state index contributed by atoms with van der Waals surface area (Å²) in [5.41, 5.74) is 0.397. The van der Waals surface area contributed by atoms with Crippen LogP contribution in [-0.2, 0) is 9.47 Å². The SMILES string of the molecule is CC(O)CCC(C)(C)C1CC[C@@]2(C)C(CC[C@@H]2[C@H](C)C2OCCO2)C1[C@@H](C)O. The maximum absolute atomic E-state index is 10.9. The number of aliphatic hydroxyl groups excluding tert-OH is 2. The summed E-state index contributed by atoms with van der Waals surface area (Å²) in [5.74, 6) is 2.42. The van der Waals surface area contributed by atoms with Gasteiger partial charge in [-0.25, -0.2) is 0 Å². The molecule has 1 heterocycles. The van der Waals surface area contributed by atoms with Gasteiger partial charge in [-0.15, -0.1) is 0 Å². The van der Waals surface area contributed by atoms with E-state index in [2.05, 4.69) is 27.7 Å². The maximum atomic E-state index is 10.9. The third-order valence-electron chi connectivity index (χ3n) is 8.88. The first-order valence-corrected chi connectivity index (χ1v) is 11.7. The Labute approximate surface area is 172 Å². The number of ether oxygens (including phenoxy) is 2. The van der Waals surface area contributed by atoms with Crippen molar-refractivity contribution in [3.05, 3.63) is 0 Å². The molecule has 0 aromatic carbocycles. The van der Waals surface area contributed by atoms with Crippen molar-refractivity contribution in [2.24, 2.45) is 40.4 Å². The van der Waals surface area contributed by atoms with Gasteiger partial charge in [0, 0.05) is 5.92 Å². The van der Waals surface area contributed by atoms with Gasteiger partial charge >= 0.3 is 0 Å². The Balaban J connectivity index is 1.80. The molecule has 1 aliphatic heterocycles. The van der Waals surface area contributed by atoms with Crippen molar-refractivity contribution in [2.75, 3.05) is 13.2 Å². The number of fused-ring (bicyclic) bond motifs is 1. The van der Waals surface area contributed by atoms with Gasteiger partial charge in [0.2, 0.25) is 0 Å². The molecule has 2 saturated carbocycles. The number of hydrogen-bond donors (Lipinski definition) is 2. The van der Waals surface area contributed by atoms with Gasteiger partial charge in [-0.05, 0) is 86.9 Å². The standard InChI is InChI=1S/C24H44O4/c1-15(25)9-11-23(4,5)19-10-12-24(6)18(16(2)22-27-13-14-28-22)7-8-20(24)21(19)17(3)26/h15-22,25-26H,7-14H2,1-6H3/t15?,16-,17+,18+,19?,20?,21?,24+/m0/s1. The van der Waals surface area contributed by atoms with Crippen molar-refractivity contribution in [3.8, 4) is 0 Å². The third kappa shape index (κ3) is 4.17. The van der Waals surface area contributed by atoms with Crippen LogP contribution in [0.5, 0.6) is 0 Å². The maximum Gasteiger partial charge on any atom is 0.160 e. The lowest BCUT2D eigenvalue weighted by Crippen LogP contribution is -2.51. The Kier molecular flexibility index (Phi) is 6.86. The van der Waals surface area contributed by atoms with E-state index in [1.54, 1.807) is 0 Å². The highest BCUT2D eigenvalue weighted by Crippen LogP contribution is 2.64. The van der Waals surface area contributed by atoms with E-state index in [1.165, 1.54) is 25.7 Å². The Hall–Kier alpha value is -0.160. The number of aliphatic hydroxyl groups is 2. The van der Waals surface area contributed by atoms with Crippen molar-refractivity contribution in [1.82, 2.24) is 0 Å². The molecule has 2 N–H and O–H groups in total. The van der Waals surface area contributed by atoms with Crippen LogP contribution >= 0.6 is 0 Å². The van der Waals surface area contributed by atoms with Gasteiger partial charge in [-0.3, -0.25) is 0 Å². The smallest absolute Gasteiger partial charge is 0.160 e. The van der Waals surface area contributed by atoms with Crippen LogP contribution in [0.4, 0.5) is 0 Å². The highest BCUT2D eigenvalue weighted by molar-refractivity contribution is 5.07. The van der Waals surface area contributed by atoms with Gasteiger partial charge in [0.05, 0.1) is 25.4 Å². The molecule has 4 heteroatoms. The van der Waals surface area contributed by atoms with Crippen molar-refractivity contribution in [3.63, 3.8) is 0 Å². The number of rotatable bonds is 7. The average molecular weight is 397 g/mol. The predicted octanol–water partition coefficient (Wildman–Crippen LogP) is 4.62. The van der Waals surface area contributed by atoms with Crippen LogP contribution in [0.25, 0.3) is 0 Å². The summed E-state index contributed by atoms with van der Waals surface area (Å²) in [6.07, 6.45) is 6.10. The van der Waals surface area contributed by atoms with Gasteiger partial charge < -0.3 is 19.7 Å². The molecule has 0 radical (unpaired) electrons. The summed E-state index contributed by atoms with van der Waals surface area (Å²) in [6, 6.07) is 0. The van der Waals surface area contributed by atoms with Crippen molar-refractivity contribution in [2.45, 2.75) is 98.6 Å². The van der Waals surface area contributed by atoms with Crippen LogP contribution in [0, 0.1) is 40.4 Å². The summed E-state index contributed by atoms with van der Waals surface area (Å²) >= 11 is 0. The van der Waals surface area contributed by atoms with E-state index in [0.29, 0.717) is 29.6 Å². The summed E-state index contributed by atoms with van der Waals surface area (Å²) in [6.45, 7) is 14.8. The van der Waals surface area contributed by atoms with E-state index < -0.39 is 0 Å². The highest BCUT2D eigenvalue weighted by Gasteiger charge is 2.58. The first-order chi connectivity index (χ1) is 13.1. The second-order valence-electron chi connectivity index (χ2n) is 11.1. The molecule has 4 unspecified atom stereocenters. The van der Waals surface area contributed by atoms with E-state index in [4.69, 9.17) is 9.47 Å². The third-order valence-corrected chi connectivity index (χ3v) is 8.88. The number of hydrogen-bond acceptors (Lipinski definition) is 4. The molecular weight excluding hydrogens is 352 g/mol. The fraction of sp³-hybridized carbons (Fsp3) is 1.00. The minimum absolute atomic E-state index is 0.0502. The van der Waals surface area contributed by atoms with Crippen molar-refractivity contribution < 1.29 is 19.7 Å². The minimum Gasteiger partial charge on any atom is -0.393 e. The van der Waals surface area contributed by atoms with E-state index >= 15 is 0 Å². The molecule has 0 amide bonds. The second kappa shape index (κ2) is 8.53. The normalized spacial score (nSPS) is 40.3. The van der Waals surface area contributed by atoms with Gasteiger partial charge in [-0.1, -0.05) is 27.7 Å². The van der Waals surface area contributed by atoms with Crippen molar-refractivity contribution in [1.29, 1.82) is 0 Å². The summed E-state index contributed by atoms with van der Waals surface area (Å²) < 4.78 is 11.7. The monoisotopic (exact) mass is 396 g/mol. The van der Waals surface area contributed by atoms with E-state index in [1.807, 2.05) is 13.8 Å². The molecule has 164 valence electrons. The first-order valence-electron chi connectivity index (χ1n) is 11.7. The molecule has 0 bridgehead atoms. The molecule has 2 aliphatic carbocycles. The zero-order valence-electron chi connectivity index (χ0n) is 19.0. The Bertz CT molecular complexity index is 511. The quantitative estimate of drug-likeness (QED) is 0.659. The van der Waals surface area contributed by atoms with Gasteiger partial charge in [0.15, 0.2) is 6.29 Å². The lowest BCUT2D eigenvalue weighted by molar-refractivity contribution is -0.131. The van der Waals surface area contributed by atoms with Crippen LogP contribution in [0.1, 0.15) is 80.1 Å². The van der Waals surface area contributed by atoms with Gasteiger partial charge in [0.1, 0.15) is 0 Å². The molecule has 0 aromatic heterocycles. The van der Waals surface area contributed by atoms with Gasteiger partial charge in [0.25, 0.3) is 0 Å². The van der Waals surface area contributed by atoms with Crippen LogP contribution in [0.15, 0.2) is 0 Å². The Morgan fingerprint density at radius 1 is 1.04 bits per heavy atom. The average Bonchev–Trinajstić information content (AvgIpc) is 3.25. The molecule has 0 aromatic rings. The summed E-state index contributed by atoms with van der Waals surface area (Å²) in [7, 11) is 0. The Morgan fingerprint density at radius 2 is 1.68 bits per heavy atom. The molecule has 8 atom stereocenters. The van der Waals surface area contributed by atoms with Crippen molar-refractivity contribution >= 4 is 0 Å². The first kappa shape index (κ1) is 22.5. The van der Waals surface area contributed by atoms with Crippen LogP contribution < -0.4 is 0 Å². The van der Waals surface area contributed by atoms with Crippen LogP contribution in [-0.4, -0.2) is 41.9 Å². The van der Waals surface area contributed by atoms with E-state index in [0.717, 1.165) is 26.1 Å². The lowest BCUT2D eigenvalue weighted by Gasteiger charge is -2.55. The summed E-state index contributed by atoms with van der Waals surface area (Å²) in [4.78, 5) is 0. The lowest BCUT2D eigenvalue weighted by atomic mass is 9.51. The molecule has 3 aliphatic rings. The molecule has 4 nitrogen and oxygen atoms in total. The molecule has 28 heavy (non-hydrogen) atoms. The zero-order valence-corrected chi connectivity index (χ0v) is 19.0. The molecule has 3 fully saturated rings. The molecule has 0 spiro atoms. The molecule has 3 rings (SSSR count). The second-order valence-corrected chi connectivity index (χ2v) is 11.1. The predicted molar refractivity (Wildman–Crippen MR) is 112 cm³/mol. The zero-order chi connectivity index (χ0) is 20.7. The topological polar surface area (TPSA) is 58.9 Å². The molecular formula is C24H44O4. The van der Waals surface area contributed by atoms with Gasteiger partial charge in [-0.2, -0.15) is 0 Å². The summed E-state index contributed by atoms with van der Waals surface area (Å²) in [5, 5.41) is 20.7. The Morgan fingerprint density at radius 3 is 2.25 bits per heavy atom. The molecule has 1 saturated heterocycles. The van der Waals surface area contributed by atoms with E-state index in [9.17, 15) is 10.2 Å². The van der Waals surface area contributed by atoms with Crippen LogP contribution in [0.3, 0.4) is 0 Å². The van der Waals surface area contributed by atoms with E-state index in [-0.39, 0.29) is 29.3 Å².